The third-order valence-corrected chi connectivity index (χ3v) is 4.47. The molecule has 0 nitrogen and oxygen atoms in total. The van der Waals surface area contributed by atoms with Gasteiger partial charge in [-0.25, -0.2) is 11.1 Å². The minimum atomic E-state index is 0. The normalized spacial score (nSPS) is 25.7. The van der Waals surface area contributed by atoms with E-state index in [2.05, 4.69) is 67.5 Å². The van der Waals surface area contributed by atoms with Gasteiger partial charge in [0.2, 0.25) is 0 Å². The molecular weight excluding hydrogens is 406 g/mol. The molecule has 1 heteroatoms. The number of hydrogen-bond donors (Lipinski definition) is 0. The van der Waals surface area contributed by atoms with Crippen LogP contribution >= 0.6 is 0 Å². The van der Waals surface area contributed by atoms with Gasteiger partial charge >= 0.3 is 19.8 Å². The van der Waals surface area contributed by atoms with Crippen LogP contribution in [-0.4, -0.2) is 0 Å². The summed E-state index contributed by atoms with van der Waals surface area (Å²) in [6.45, 7) is 17.3. The van der Waals surface area contributed by atoms with Gasteiger partial charge < -0.3 is 0 Å². The number of rotatable bonds is 0. The molecule has 0 aliphatic heterocycles. The molecule has 106 valence electrons. The van der Waals surface area contributed by atoms with Gasteiger partial charge in [-0.05, 0) is 0 Å². The molecule has 2 unspecified atom stereocenters. The summed E-state index contributed by atoms with van der Waals surface area (Å²) >= 11 is 0. The fraction of sp³-hybridized carbons (Fsp3) is 0.556. The third kappa shape index (κ3) is 4.29. The molecule has 0 saturated heterocycles. The van der Waals surface area contributed by atoms with Crippen molar-refractivity contribution in [3.63, 3.8) is 0 Å². The second kappa shape index (κ2) is 7.40. The Labute approximate surface area is 132 Å². The summed E-state index contributed by atoms with van der Waals surface area (Å²) in [7, 11) is 0. The second-order valence-electron chi connectivity index (χ2n) is 5.60. The van der Waals surface area contributed by atoms with Crippen LogP contribution in [0, 0.1) is 24.0 Å². The van der Waals surface area contributed by atoms with Gasteiger partial charge in [0.1, 0.15) is 0 Å². The molecule has 0 aromatic carbocycles. The zero-order valence-corrected chi connectivity index (χ0v) is 16.0. The van der Waals surface area contributed by atoms with E-state index >= 15 is 0 Å². The molecule has 0 heterocycles. The van der Waals surface area contributed by atoms with Crippen molar-refractivity contribution in [2.24, 2.45) is 11.8 Å². The van der Waals surface area contributed by atoms with Crippen LogP contribution in [0.2, 0.25) is 0 Å². The van der Waals surface area contributed by atoms with E-state index < -0.39 is 0 Å². The molecule has 0 aromatic rings. The van der Waals surface area contributed by atoms with Crippen molar-refractivity contribution in [3.05, 3.63) is 45.6 Å². The van der Waals surface area contributed by atoms with Gasteiger partial charge in [-0.3, -0.25) is 12.2 Å². The zero-order chi connectivity index (χ0) is 14.0. The van der Waals surface area contributed by atoms with Crippen LogP contribution < -0.4 is 0 Å². The minimum Gasteiger partial charge on any atom is -0.266 e. The van der Waals surface area contributed by atoms with Gasteiger partial charge in [0, 0.05) is 0 Å². The summed E-state index contributed by atoms with van der Waals surface area (Å²) in [6, 6.07) is 0. The molecule has 0 aromatic heterocycles. The fourth-order valence-corrected chi connectivity index (χ4v) is 2.32. The van der Waals surface area contributed by atoms with Crippen molar-refractivity contribution in [3.8, 4) is 0 Å². The van der Waals surface area contributed by atoms with Crippen LogP contribution in [0.4, 0.5) is 0 Å². The van der Waals surface area contributed by atoms with E-state index in [0.29, 0.717) is 11.8 Å². The quantitative estimate of drug-likeness (QED) is 0.447. The molecule has 2 aliphatic rings. The maximum absolute atomic E-state index is 3.36. The molecule has 0 radical (unpaired) electrons. The Morgan fingerprint density at radius 3 is 0.947 bits per heavy atom. The largest absolute Gasteiger partial charge is 2.00 e. The van der Waals surface area contributed by atoms with E-state index in [1.54, 1.807) is 0 Å². The zero-order valence-electron chi connectivity index (χ0n) is 13.5. The van der Waals surface area contributed by atoms with Gasteiger partial charge in [0.25, 0.3) is 0 Å². The Balaban J connectivity index is 0.000000324. The van der Waals surface area contributed by atoms with Crippen molar-refractivity contribution in [1.29, 1.82) is 0 Å². The molecule has 2 aliphatic carbocycles. The van der Waals surface area contributed by atoms with E-state index in [-0.39, 0.29) is 19.8 Å². The first kappa shape index (κ1) is 18.6. The minimum absolute atomic E-state index is 0. The fourth-order valence-electron chi connectivity index (χ4n) is 2.32. The summed E-state index contributed by atoms with van der Waals surface area (Å²) in [4.78, 5) is 0. The molecular formula is C18H26Os. The van der Waals surface area contributed by atoms with E-state index in [1.165, 1.54) is 33.4 Å². The van der Waals surface area contributed by atoms with Crippen molar-refractivity contribution in [2.45, 2.75) is 55.4 Å². The Kier molecular flexibility index (Phi) is 7.24. The SMILES string of the molecule is CC1=[C-]C(C)C(C)=C1C.CC1=[C-]C(C)C(C)=C1C.[Os+2]. The Morgan fingerprint density at radius 1 is 0.632 bits per heavy atom. The maximum atomic E-state index is 3.36. The first-order valence-electron chi connectivity index (χ1n) is 6.81. The Hall–Kier alpha value is -0.404. The average Bonchev–Trinajstić information content (AvgIpc) is 2.66. The van der Waals surface area contributed by atoms with E-state index in [0.717, 1.165) is 0 Å². The summed E-state index contributed by atoms with van der Waals surface area (Å²) in [5.41, 5.74) is 8.49. The Morgan fingerprint density at radius 2 is 0.895 bits per heavy atom. The van der Waals surface area contributed by atoms with Crippen molar-refractivity contribution >= 4 is 0 Å². The molecule has 0 saturated carbocycles. The van der Waals surface area contributed by atoms with Crippen LogP contribution in [0.1, 0.15) is 55.4 Å². The monoisotopic (exact) mass is 434 g/mol. The molecule has 0 amide bonds. The molecule has 19 heavy (non-hydrogen) atoms. The first-order chi connectivity index (χ1) is 8.25. The van der Waals surface area contributed by atoms with Gasteiger partial charge in [0.15, 0.2) is 0 Å². The van der Waals surface area contributed by atoms with Crippen LogP contribution in [0.3, 0.4) is 0 Å². The molecule has 0 spiro atoms. The Bertz CT molecular complexity index is 414. The standard InChI is InChI=1S/2C9H13.Os/c2*1-6-5-7(2)9(4)8(6)3;/h2*6H,1-4H3;/q2*-1;+2. The second-order valence-corrected chi connectivity index (χ2v) is 5.60. The van der Waals surface area contributed by atoms with Crippen molar-refractivity contribution in [1.82, 2.24) is 0 Å². The van der Waals surface area contributed by atoms with Gasteiger partial charge in [-0.1, -0.05) is 53.4 Å². The smallest absolute Gasteiger partial charge is 0.266 e. The summed E-state index contributed by atoms with van der Waals surface area (Å²) < 4.78 is 0. The van der Waals surface area contributed by atoms with Crippen molar-refractivity contribution in [2.75, 3.05) is 0 Å². The van der Waals surface area contributed by atoms with Crippen LogP contribution in [0.15, 0.2) is 33.4 Å². The average molecular weight is 433 g/mol. The van der Waals surface area contributed by atoms with E-state index in [1.807, 2.05) is 0 Å². The molecule has 0 bridgehead atoms. The molecule has 0 fully saturated rings. The van der Waals surface area contributed by atoms with Crippen LogP contribution in [0.5, 0.6) is 0 Å². The van der Waals surface area contributed by atoms with Crippen LogP contribution in [0.25, 0.3) is 0 Å². The predicted molar refractivity (Wildman–Crippen MR) is 79.9 cm³/mol. The molecule has 2 atom stereocenters. The van der Waals surface area contributed by atoms with Crippen molar-refractivity contribution < 1.29 is 19.8 Å². The predicted octanol–water partition coefficient (Wildman–Crippen LogP) is 5.44. The topological polar surface area (TPSA) is 0 Å². The maximum Gasteiger partial charge on any atom is 2.00 e. The van der Waals surface area contributed by atoms with E-state index in [9.17, 15) is 0 Å². The summed E-state index contributed by atoms with van der Waals surface area (Å²) in [5.74, 6) is 1.12. The van der Waals surface area contributed by atoms with E-state index in [4.69, 9.17) is 0 Å². The number of hydrogen-bond acceptors (Lipinski definition) is 0. The van der Waals surface area contributed by atoms with Crippen LogP contribution in [-0.2, 0) is 19.8 Å². The first-order valence-corrected chi connectivity index (χ1v) is 6.81. The molecule has 2 rings (SSSR count). The van der Waals surface area contributed by atoms with Gasteiger partial charge in [0.05, 0.1) is 0 Å². The van der Waals surface area contributed by atoms with Gasteiger partial charge in [-0.15, -0.1) is 13.8 Å². The summed E-state index contributed by atoms with van der Waals surface area (Å²) in [6.07, 6.45) is 6.72. The van der Waals surface area contributed by atoms with Gasteiger partial charge in [-0.2, -0.15) is 22.3 Å². The summed E-state index contributed by atoms with van der Waals surface area (Å²) in [5, 5.41) is 0. The number of allylic oxidation sites excluding steroid dienone is 8. The molecule has 0 N–H and O–H groups in total. The third-order valence-electron chi connectivity index (χ3n) is 4.47.